The van der Waals surface area contributed by atoms with Crippen LogP contribution in [-0.4, -0.2) is 22.8 Å². The quantitative estimate of drug-likeness (QED) is 0.594. The number of nitrogens with zero attached hydrogens (tertiary/aromatic N) is 2. The second-order valence-corrected chi connectivity index (χ2v) is 7.49. The van der Waals surface area contributed by atoms with Crippen molar-refractivity contribution in [1.82, 2.24) is 9.55 Å². The van der Waals surface area contributed by atoms with Gasteiger partial charge in [-0.05, 0) is 36.8 Å². The molecular weight excluding hydrogens is 354 g/mol. The van der Waals surface area contributed by atoms with Crippen LogP contribution in [0.2, 0.25) is 0 Å². The molecule has 2 N–H and O–H groups in total. The number of aromatic nitrogens is 2. The van der Waals surface area contributed by atoms with Gasteiger partial charge in [-0.3, -0.25) is 4.79 Å². The molecule has 0 unspecified atom stereocenters. The van der Waals surface area contributed by atoms with Gasteiger partial charge in [0.2, 0.25) is 0 Å². The van der Waals surface area contributed by atoms with E-state index < -0.39 is 5.79 Å². The van der Waals surface area contributed by atoms with Crippen LogP contribution in [0.25, 0.3) is 22.3 Å². The third-order valence-corrected chi connectivity index (χ3v) is 5.94. The lowest BCUT2D eigenvalue weighted by molar-refractivity contribution is -0.168. The van der Waals surface area contributed by atoms with Gasteiger partial charge in [-0.25, -0.2) is 4.98 Å². The highest BCUT2D eigenvalue weighted by atomic mass is 16.7. The van der Waals surface area contributed by atoms with Crippen molar-refractivity contribution < 1.29 is 9.47 Å². The van der Waals surface area contributed by atoms with E-state index in [4.69, 9.17) is 20.2 Å². The Morgan fingerprint density at radius 2 is 2.00 bits per heavy atom. The van der Waals surface area contributed by atoms with Gasteiger partial charge in [0.1, 0.15) is 0 Å². The Morgan fingerprint density at radius 3 is 2.71 bits per heavy atom. The Morgan fingerprint density at radius 1 is 1.21 bits per heavy atom. The van der Waals surface area contributed by atoms with E-state index in [2.05, 4.69) is 12.1 Å². The van der Waals surface area contributed by atoms with Crippen LogP contribution in [-0.2, 0) is 28.4 Å². The Hall–Kier alpha value is -2.54. The Balaban J connectivity index is 1.73. The first-order valence-electron chi connectivity index (χ1n) is 9.72. The van der Waals surface area contributed by atoms with Gasteiger partial charge in [-0.15, -0.1) is 0 Å². The number of hydrogen-bond donors (Lipinski definition) is 1. The normalized spacial score (nSPS) is 17.1. The molecule has 2 aliphatic rings. The number of hydrogen-bond acceptors (Lipinski definition) is 5. The molecule has 1 fully saturated rings. The molecule has 0 bridgehead atoms. The fourth-order valence-corrected chi connectivity index (χ4v) is 4.41. The molecule has 1 aromatic carbocycles. The summed E-state index contributed by atoms with van der Waals surface area (Å²) in [5, 5.41) is 1.05. The molecule has 1 saturated heterocycles. The summed E-state index contributed by atoms with van der Waals surface area (Å²) in [6.07, 6.45) is 0.649. The minimum absolute atomic E-state index is 0.0101. The summed E-state index contributed by atoms with van der Waals surface area (Å²) in [4.78, 5) is 18.0. The van der Waals surface area contributed by atoms with E-state index in [1.807, 2.05) is 32.0 Å². The summed E-state index contributed by atoms with van der Waals surface area (Å²) in [7, 11) is 0. The molecule has 6 heteroatoms. The fraction of sp³-hybridized carbons (Fsp3) is 0.364. The van der Waals surface area contributed by atoms with Crippen LogP contribution in [0.1, 0.15) is 35.6 Å². The lowest BCUT2D eigenvalue weighted by Crippen LogP contribution is -2.32. The van der Waals surface area contributed by atoms with Gasteiger partial charge in [0.25, 0.3) is 5.56 Å². The predicted octanol–water partition coefficient (Wildman–Crippen LogP) is 2.80. The van der Waals surface area contributed by atoms with Gasteiger partial charge >= 0.3 is 0 Å². The minimum Gasteiger partial charge on any atom is -0.343 e. The number of nitrogens with two attached hydrogens (primary N) is 1. The van der Waals surface area contributed by atoms with Crippen LogP contribution in [0.15, 0.2) is 35.1 Å². The predicted molar refractivity (Wildman–Crippen MR) is 107 cm³/mol. The molecule has 6 nitrogen and oxygen atoms in total. The molecule has 0 saturated carbocycles. The molecular formula is C22H23N3O3. The van der Waals surface area contributed by atoms with Crippen LogP contribution >= 0.6 is 0 Å². The maximum absolute atomic E-state index is 13.2. The van der Waals surface area contributed by atoms with E-state index >= 15 is 0 Å². The Labute approximate surface area is 162 Å². The minimum atomic E-state index is -0.839. The highest BCUT2D eigenvalue weighted by Gasteiger charge is 2.40. The summed E-state index contributed by atoms with van der Waals surface area (Å²) in [6, 6.07) is 10.2. The van der Waals surface area contributed by atoms with Gasteiger partial charge < -0.3 is 19.8 Å². The Bertz CT molecular complexity index is 1160. The molecule has 144 valence electrons. The van der Waals surface area contributed by atoms with E-state index in [1.54, 1.807) is 4.57 Å². The zero-order chi connectivity index (χ0) is 19.5. The van der Waals surface area contributed by atoms with E-state index in [0.29, 0.717) is 38.3 Å². The number of benzene rings is 1. The first-order valence-corrected chi connectivity index (χ1v) is 9.72. The van der Waals surface area contributed by atoms with Crippen molar-refractivity contribution in [3.63, 3.8) is 0 Å². The molecule has 2 aliphatic heterocycles. The molecule has 0 spiro atoms. The standard InChI is InChI=1S/C22H23N3O3/c1-3-22(27-6-7-28-22)17-10-19-20-16(12-25(19)21(26)13(17)2)9-15-8-14(11-23)4-5-18(15)24-20/h4-5,8-10H,3,6-7,11-12,23H2,1-2H3. The summed E-state index contributed by atoms with van der Waals surface area (Å²) < 4.78 is 13.7. The third kappa shape index (κ3) is 2.38. The third-order valence-electron chi connectivity index (χ3n) is 5.94. The van der Waals surface area contributed by atoms with E-state index in [-0.39, 0.29) is 5.56 Å². The van der Waals surface area contributed by atoms with Crippen LogP contribution in [0.3, 0.4) is 0 Å². The maximum Gasteiger partial charge on any atom is 0.254 e. The number of ether oxygens (including phenoxy) is 2. The van der Waals surface area contributed by atoms with Gasteiger partial charge in [0.15, 0.2) is 5.79 Å². The van der Waals surface area contributed by atoms with E-state index in [9.17, 15) is 4.79 Å². The second kappa shape index (κ2) is 6.24. The van der Waals surface area contributed by atoms with Crippen molar-refractivity contribution in [2.45, 2.75) is 39.1 Å². The molecule has 4 heterocycles. The topological polar surface area (TPSA) is 79.4 Å². The van der Waals surface area contributed by atoms with Crippen molar-refractivity contribution in [2.75, 3.05) is 13.2 Å². The molecule has 3 aromatic rings. The molecule has 28 heavy (non-hydrogen) atoms. The average Bonchev–Trinajstić information content (AvgIpc) is 3.34. The first-order chi connectivity index (χ1) is 13.6. The van der Waals surface area contributed by atoms with Crippen molar-refractivity contribution in [2.24, 2.45) is 5.73 Å². The number of rotatable bonds is 3. The number of fused-ring (bicyclic) bond motifs is 4. The monoisotopic (exact) mass is 377 g/mol. The Kier molecular flexibility index (Phi) is 3.91. The van der Waals surface area contributed by atoms with Crippen molar-refractivity contribution in [3.05, 3.63) is 62.9 Å². The summed E-state index contributed by atoms with van der Waals surface area (Å²) in [6.45, 7) is 5.97. The summed E-state index contributed by atoms with van der Waals surface area (Å²) in [5.74, 6) is -0.839. The lowest BCUT2D eigenvalue weighted by Gasteiger charge is -2.28. The number of pyridine rings is 2. The summed E-state index contributed by atoms with van der Waals surface area (Å²) >= 11 is 0. The van der Waals surface area contributed by atoms with Crippen molar-refractivity contribution in [3.8, 4) is 11.4 Å². The van der Waals surface area contributed by atoms with Crippen LogP contribution in [0.4, 0.5) is 0 Å². The van der Waals surface area contributed by atoms with Crippen molar-refractivity contribution >= 4 is 10.9 Å². The molecule has 0 amide bonds. The molecule has 0 aliphatic carbocycles. The zero-order valence-electron chi connectivity index (χ0n) is 16.1. The molecule has 5 rings (SSSR count). The molecule has 2 aromatic heterocycles. The largest absolute Gasteiger partial charge is 0.343 e. The van der Waals surface area contributed by atoms with Gasteiger partial charge in [0, 0.05) is 35.0 Å². The lowest BCUT2D eigenvalue weighted by atomic mass is 9.97. The van der Waals surface area contributed by atoms with Gasteiger partial charge in [0.05, 0.1) is 36.7 Å². The van der Waals surface area contributed by atoms with E-state index in [0.717, 1.165) is 39.0 Å². The van der Waals surface area contributed by atoms with Crippen LogP contribution in [0, 0.1) is 6.92 Å². The fourth-order valence-electron chi connectivity index (χ4n) is 4.41. The van der Waals surface area contributed by atoms with E-state index in [1.165, 1.54) is 0 Å². The van der Waals surface area contributed by atoms with Crippen molar-refractivity contribution in [1.29, 1.82) is 0 Å². The van der Waals surface area contributed by atoms with Crippen LogP contribution in [0.5, 0.6) is 0 Å². The van der Waals surface area contributed by atoms with Gasteiger partial charge in [-0.1, -0.05) is 13.0 Å². The average molecular weight is 377 g/mol. The highest BCUT2D eigenvalue weighted by Crippen LogP contribution is 2.39. The SMILES string of the molecule is CCC1(c2cc3n(c(=O)c2C)Cc2cc4cc(CN)ccc4nc2-3)OCCO1. The molecule has 0 radical (unpaired) electrons. The van der Waals surface area contributed by atoms with Crippen LogP contribution < -0.4 is 11.3 Å². The second-order valence-electron chi connectivity index (χ2n) is 7.49. The smallest absolute Gasteiger partial charge is 0.254 e. The maximum atomic E-state index is 13.2. The first kappa shape index (κ1) is 17.6. The zero-order valence-corrected chi connectivity index (χ0v) is 16.1. The molecule has 0 atom stereocenters. The van der Waals surface area contributed by atoms with Gasteiger partial charge in [-0.2, -0.15) is 0 Å². The highest BCUT2D eigenvalue weighted by molar-refractivity contribution is 5.84. The summed E-state index contributed by atoms with van der Waals surface area (Å²) in [5.41, 5.74) is 12.0.